The molecule has 0 bridgehead atoms. The van der Waals surface area contributed by atoms with E-state index in [-0.39, 0.29) is 12.1 Å². The molecule has 0 unspecified atom stereocenters. The van der Waals surface area contributed by atoms with Gasteiger partial charge >= 0.3 is 0 Å². The van der Waals surface area contributed by atoms with Crippen LogP contribution in [0.15, 0.2) is 54.9 Å². The van der Waals surface area contributed by atoms with Crippen molar-refractivity contribution in [3.63, 3.8) is 0 Å². The highest BCUT2D eigenvalue weighted by Gasteiger charge is 2.30. The van der Waals surface area contributed by atoms with E-state index >= 15 is 0 Å². The van der Waals surface area contributed by atoms with Crippen LogP contribution >= 0.6 is 0 Å². The maximum absolute atomic E-state index is 5.55. The molecule has 0 radical (unpaired) electrons. The summed E-state index contributed by atoms with van der Waals surface area (Å²) in [6, 6.07) is 16.6. The second-order valence-electron chi connectivity index (χ2n) is 6.26. The molecule has 134 valence electrons. The highest BCUT2D eigenvalue weighted by Crippen LogP contribution is 2.38. The molecule has 2 heterocycles. The second-order valence-corrected chi connectivity index (χ2v) is 6.26. The molecule has 0 saturated carbocycles. The Labute approximate surface area is 152 Å². The van der Waals surface area contributed by atoms with Crippen LogP contribution in [0.4, 0.5) is 5.95 Å². The summed E-state index contributed by atoms with van der Waals surface area (Å²) in [6.45, 7) is 2.66. The maximum atomic E-state index is 5.55. The van der Waals surface area contributed by atoms with Gasteiger partial charge in [0.05, 0.1) is 25.8 Å². The lowest BCUT2D eigenvalue weighted by molar-refractivity contribution is 0.340. The Morgan fingerprint density at radius 3 is 2.73 bits per heavy atom. The van der Waals surface area contributed by atoms with E-state index in [9.17, 15) is 0 Å². The number of methoxy groups -OCH3 is 1. The molecule has 0 spiro atoms. The highest BCUT2D eigenvalue weighted by molar-refractivity contribution is 5.40. The van der Waals surface area contributed by atoms with Crippen molar-refractivity contribution in [3.05, 3.63) is 66.0 Å². The van der Waals surface area contributed by atoms with Crippen LogP contribution < -0.4 is 14.8 Å². The largest absolute Gasteiger partial charge is 0.497 e. The molecule has 26 heavy (non-hydrogen) atoms. The summed E-state index contributed by atoms with van der Waals surface area (Å²) in [6.07, 6.45) is 2.47. The van der Waals surface area contributed by atoms with Gasteiger partial charge in [-0.1, -0.05) is 24.3 Å². The first-order valence-corrected chi connectivity index (χ1v) is 8.81. The molecule has 1 aliphatic heterocycles. The van der Waals surface area contributed by atoms with Crippen molar-refractivity contribution in [3.8, 4) is 11.5 Å². The third kappa shape index (κ3) is 3.10. The zero-order chi connectivity index (χ0) is 17.9. The Morgan fingerprint density at radius 1 is 1.12 bits per heavy atom. The first-order valence-electron chi connectivity index (χ1n) is 8.81. The normalized spacial score (nSPS) is 18.7. The number of benzene rings is 2. The van der Waals surface area contributed by atoms with Crippen molar-refractivity contribution < 1.29 is 9.47 Å². The van der Waals surface area contributed by atoms with Gasteiger partial charge in [-0.05, 0) is 48.7 Å². The SMILES string of the molecule is CCOc1ccc([C@@H]2C[C@H](c3cccc(OC)c3)n3ncnc3N2)cc1. The predicted octanol–water partition coefficient (Wildman–Crippen LogP) is 3.83. The molecule has 1 N–H and O–H groups in total. The molecule has 0 fully saturated rings. The number of nitrogens with zero attached hydrogens (tertiary/aromatic N) is 3. The fraction of sp³-hybridized carbons (Fsp3) is 0.300. The van der Waals surface area contributed by atoms with Crippen LogP contribution in [0.2, 0.25) is 0 Å². The van der Waals surface area contributed by atoms with Crippen molar-refractivity contribution in [1.82, 2.24) is 14.8 Å². The average Bonchev–Trinajstić information content (AvgIpc) is 3.17. The number of hydrogen-bond acceptors (Lipinski definition) is 5. The topological polar surface area (TPSA) is 61.2 Å². The first kappa shape index (κ1) is 16.4. The molecule has 0 amide bonds. The summed E-state index contributed by atoms with van der Waals surface area (Å²) in [5, 5.41) is 7.91. The first-order chi connectivity index (χ1) is 12.8. The van der Waals surface area contributed by atoms with E-state index in [1.54, 1.807) is 13.4 Å². The Hall–Kier alpha value is -3.02. The molecule has 0 aliphatic carbocycles. The summed E-state index contributed by atoms with van der Waals surface area (Å²) in [5.41, 5.74) is 2.36. The van der Waals surface area contributed by atoms with E-state index in [0.717, 1.165) is 29.4 Å². The van der Waals surface area contributed by atoms with Crippen LogP contribution in [0.3, 0.4) is 0 Å². The molecule has 0 saturated heterocycles. The fourth-order valence-corrected chi connectivity index (χ4v) is 3.43. The minimum atomic E-state index is 0.0976. The van der Waals surface area contributed by atoms with Crippen molar-refractivity contribution in [1.29, 1.82) is 0 Å². The van der Waals surface area contributed by atoms with Gasteiger partial charge in [0, 0.05) is 0 Å². The number of fused-ring (bicyclic) bond motifs is 1. The molecule has 6 nitrogen and oxygen atoms in total. The molecule has 1 aromatic heterocycles. The Balaban J connectivity index is 1.65. The van der Waals surface area contributed by atoms with Gasteiger partial charge in [0.1, 0.15) is 17.8 Å². The summed E-state index contributed by atoms with van der Waals surface area (Å²) < 4.78 is 12.9. The number of rotatable bonds is 5. The van der Waals surface area contributed by atoms with Gasteiger partial charge in [0.2, 0.25) is 5.95 Å². The van der Waals surface area contributed by atoms with Crippen molar-refractivity contribution in [2.45, 2.75) is 25.4 Å². The van der Waals surface area contributed by atoms with Gasteiger partial charge in [-0.15, -0.1) is 0 Å². The minimum Gasteiger partial charge on any atom is -0.497 e. The molecule has 3 aromatic rings. The van der Waals surface area contributed by atoms with Gasteiger partial charge in [0.25, 0.3) is 0 Å². The molecule has 1 aliphatic rings. The zero-order valence-electron chi connectivity index (χ0n) is 14.9. The quantitative estimate of drug-likeness (QED) is 0.758. The maximum Gasteiger partial charge on any atom is 0.222 e. The van der Waals surface area contributed by atoms with Gasteiger partial charge in [-0.2, -0.15) is 10.1 Å². The molecule has 2 atom stereocenters. The molecular formula is C20H22N4O2. The zero-order valence-corrected chi connectivity index (χ0v) is 14.9. The van der Waals surface area contributed by atoms with E-state index in [1.165, 1.54) is 5.56 Å². The monoisotopic (exact) mass is 350 g/mol. The average molecular weight is 350 g/mol. The standard InChI is InChI=1S/C20H22N4O2/c1-3-26-16-9-7-14(8-10-16)18-12-19(24-20(23-18)21-13-22-24)15-5-4-6-17(11-15)25-2/h4-11,13,18-19H,3,12H2,1-2H3,(H,21,22,23)/t18-,19+/m0/s1. The number of hydrogen-bond donors (Lipinski definition) is 1. The lowest BCUT2D eigenvalue weighted by Gasteiger charge is -2.32. The lowest BCUT2D eigenvalue weighted by Crippen LogP contribution is -2.28. The van der Waals surface area contributed by atoms with Crippen molar-refractivity contribution in [2.24, 2.45) is 0 Å². The van der Waals surface area contributed by atoms with E-state index in [0.29, 0.717) is 6.61 Å². The Bertz CT molecular complexity index is 876. The lowest BCUT2D eigenvalue weighted by atomic mass is 9.93. The van der Waals surface area contributed by atoms with E-state index in [4.69, 9.17) is 9.47 Å². The predicted molar refractivity (Wildman–Crippen MR) is 99.7 cm³/mol. The third-order valence-corrected chi connectivity index (χ3v) is 4.70. The van der Waals surface area contributed by atoms with E-state index in [1.807, 2.05) is 35.9 Å². The van der Waals surface area contributed by atoms with Crippen molar-refractivity contribution >= 4 is 5.95 Å². The third-order valence-electron chi connectivity index (χ3n) is 4.70. The number of anilines is 1. The fourth-order valence-electron chi connectivity index (χ4n) is 3.43. The summed E-state index contributed by atoms with van der Waals surface area (Å²) in [7, 11) is 1.69. The second kappa shape index (κ2) is 7.07. The van der Waals surface area contributed by atoms with E-state index in [2.05, 4.69) is 39.7 Å². The van der Waals surface area contributed by atoms with Gasteiger partial charge in [-0.25, -0.2) is 4.68 Å². The Kier molecular flexibility index (Phi) is 4.48. The van der Waals surface area contributed by atoms with Crippen LogP contribution in [0, 0.1) is 0 Å². The van der Waals surface area contributed by atoms with Gasteiger partial charge in [-0.3, -0.25) is 0 Å². The molecular weight excluding hydrogens is 328 g/mol. The molecule has 6 heteroatoms. The minimum absolute atomic E-state index is 0.0976. The summed E-state index contributed by atoms with van der Waals surface area (Å²) >= 11 is 0. The van der Waals surface area contributed by atoms with Crippen LogP contribution in [0.1, 0.15) is 36.6 Å². The van der Waals surface area contributed by atoms with Gasteiger partial charge in [0.15, 0.2) is 0 Å². The Morgan fingerprint density at radius 2 is 1.96 bits per heavy atom. The number of ether oxygens (including phenoxy) is 2. The number of nitrogens with one attached hydrogen (secondary N) is 1. The van der Waals surface area contributed by atoms with Crippen LogP contribution in [-0.2, 0) is 0 Å². The van der Waals surface area contributed by atoms with Crippen molar-refractivity contribution in [2.75, 3.05) is 19.0 Å². The summed E-state index contributed by atoms with van der Waals surface area (Å²) in [5.74, 6) is 2.52. The van der Waals surface area contributed by atoms with Crippen LogP contribution in [-0.4, -0.2) is 28.5 Å². The van der Waals surface area contributed by atoms with Crippen LogP contribution in [0.25, 0.3) is 0 Å². The van der Waals surface area contributed by atoms with Crippen LogP contribution in [0.5, 0.6) is 11.5 Å². The summed E-state index contributed by atoms with van der Waals surface area (Å²) in [4.78, 5) is 4.38. The van der Waals surface area contributed by atoms with E-state index < -0.39 is 0 Å². The number of aromatic nitrogens is 3. The smallest absolute Gasteiger partial charge is 0.222 e. The highest BCUT2D eigenvalue weighted by atomic mass is 16.5. The molecule has 4 rings (SSSR count). The van der Waals surface area contributed by atoms with Gasteiger partial charge < -0.3 is 14.8 Å². The molecule has 2 aromatic carbocycles.